The zero-order valence-corrected chi connectivity index (χ0v) is 6.94. The predicted molar refractivity (Wildman–Crippen MR) is 46.3 cm³/mol. The van der Waals surface area contributed by atoms with Crippen LogP contribution in [0.4, 0.5) is 11.4 Å². The lowest BCUT2D eigenvalue weighted by atomic mass is 10.2. The standard InChI is InChI=1S/C8H9N2O2/c1-9(2)7-5-3-4-6-8(7)10(11)12/h4-6H,1-2H3. The molecule has 63 valence electrons. The van der Waals surface area contributed by atoms with Gasteiger partial charge in [-0.2, -0.15) is 0 Å². The van der Waals surface area contributed by atoms with Crippen LogP contribution in [0.25, 0.3) is 0 Å². The molecule has 0 atom stereocenters. The lowest BCUT2D eigenvalue weighted by Crippen LogP contribution is -2.10. The highest BCUT2D eigenvalue weighted by molar-refractivity contribution is 5.61. The second-order valence-electron chi connectivity index (χ2n) is 2.57. The Bertz CT molecular complexity index is 297. The average Bonchev–Trinajstić information content (AvgIpc) is 2.04. The van der Waals surface area contributed by atoms with Gasteiger partial charge in [-0.05, 0) is 18.2 Å². The fourth-order valence-electron chi connectivity index (χ4n) is 0.926. The first kappa shape index (κ1) is 8.52. The molecule has 0 heterocycles. The SMILES string of the molecule is CN(C)c1c[c]ccc1[N+](=O)[O-]. The van der Waals surface area contributed by atoms with E-state index >= 15 is 0 Å². The molecular weight excluding hydrogens is 156 g/mol. The van der Waals surface area contributed by atoms with E-state index in [0.29, 0.717) is 5.69 Å². The Kier molecular flexibility index (Phi) is 2.28. The number of hydrogen-bond acceptors (Lipinski definition) is 3. The van der Waals surface area contributed by atoms with Crippen LogP contribution in [0, 0.1) is 16.2 Å². The summed E-state index contributed by atoms with van der Waals surface area (Å²) in [4.78, 5) is 11.8. The summed E-state index contributed by atoms with van der Waals surface area (Å²) in [5.74, 6) is 0. The van der Waals surface area contributed by atoms with Gasteiger partial charge in [0.2, 0.25) is 0 Å². The molecule has 4 heteroatoms. The molecule has 1 aromatic carbocycles. The molecule has 0 amide bonds. The Morgan fingerprint density at radius 1 is 1.58 bits per heavy atom. The maximum absolute atomic E-state index is 10.5. The first-order valence-electron chi connectivity index (χ1n) is 3.44. The number of nitro groups is 1. The third-order valence-electron chi connectivity index (χ3n) is 1.50. The Hall–Kier alpha value is -1.58. The van der Waals surface area contributed by atoms with Crippen molar-refractivity contribution >= 4 is 11.4 Å². The van der Waals surface area contributed by atoms with Crippen molar-refractivity contribution < 1.29 is 4.92 Å². The van der Waals surface area contributed by atoms with Gasteiger partial charge in [0.15, 0.2) is 0 Å². The molecule has 0 fully saturated rings. The summed E-state index contributed by atoms with van der Waals surface area (Å²) in [6.07, 6.45) is 0. The fourth-order valence-corrected chi connectivity index (χ4v) is 0.926. The average molecular weight is 165 g/mol. The second-order valence-corrected chi connectivity index (χ2v) is 2.57. The van der Waals surface area contributed by atoms with Crippen LogP contribution >= 0.6 is 0 Å². The van der Waals surface area contributed by atoms with Crippen molar-refractivity contribution in [3.63, 3.8) is 0 Å². The second kappa shape index (κ2) is 3.21. The van der Waals surface area contributed by atoms with Gasteiger partial charge in [-0.1, -0.05) is 0 Å². The maximum Gasteiger partial charge on any atom is 0.292 e. The molecule has 0 bridgehead atoms. The van der Waals surface area contributed by atoms with Gasteiger partial charge in [0, 0.05) is 20.2 Å². The van der Waals surface area contributed by atoms with Gasteiger partial charge in [0.1, 0.15) is 5.69 Å². The van der Waals surface area contributed by atoms with E-state index in [1.807, 2.05) is 0 Å². The lowest BCUT2D eigenvalue weighted by Gasteiger charge is -2.11. The molecule has 0 spiro atoms. The minimum Gasteiger partial charge on any atom is -0.372 e. The van der Waals surface area contributed by atoms with Crippen molar-refractivity contribution in [2.24, 2.45) is 0 Å². The van der Waals surface area contributed by atoms with Crippen LogP contribution in [-0.4, -0.2) is 19.0 Å². The molecule has 0 aliphatic heterocycles. The number of benzene rings is 1. The summed E-state index contributed by atoms with van der Waals surface area (Å²) in [5.41, 5.74) is 0.682. The van der Waals surface area contributed by atoms with E-state index < -0.39 is 4.92 Å². The topological polar surface area (TPSA) is 46.4 Å². The molecule has 1 radical (unpaired) electrons. The fraction of sp³-hybridized carbons (Fsp3) is 0.250. The Labute approximate surface area is 70.6 Å². The van der Waals surface area contributed by atoms with E-state index in [4.69, 9.17) is 0 Å². The molecule has 0 saturated heterocycles. The number of nitrogens with zero attached hydrogens (tertiary/aromatic N) is 2. The van der Waals surface area contributed by atoms with Crippen LogP contribution in [0.1, 0.15) is 0 Å². The Morgan fingerprint density at radius 2 is 2.25 bits per heavy atom. The van der Waals surface area contributed by atoms with E-state index in [2.05, 4.69) is 6.07 Å². The molecule has 1 aromatic rings. The van der Waals surface area contributed by atoms with Crippen molar-refractivity contribution in [3.8, 4) is 0 Å². The molecule has 0 unspecified atom stereocenters. The van der Waals surface area contributed by atoms with Crippen molar-refractivity contribution in [3.05, 3.63) is 34.4 Å². The quantitative estimate of drug-likeness (QED) is 0.492. The summed E-state index contributed by atoms with van der Waals surface area (Å²) in [6, 6.07) is 7.36. The van der Waals surface area contributed by atoms with Gasteiger partial charge in [-0.3, -0.25) is 10.1 Å². The summed E-state index contributed by atoms with van der Waals surface area (Å²) < 4.78 is 0. The normalized spacial score (nSPS) is 9.50. The number of nitro benzene ring substituents is 1. The molecular formula is C8H9N2O2. The molecule has 0 aliphatic carbocycles. The van der Waals surface area contributed by atoms with Gasteiger partial charge in [-0.25, -0.2) is 0 Å². The van der Waals surface area contributed by atoms with E-state index in [1.54, 1.807) is 25.1 Å². The summed E-state index contributed by atoms with van der Waals surface area (Å²) in [6.45, 7) is 0. The molecule has 0 N–H and O–H groups in total. The number of hydrogen-bond donors (Lipinski definition) is 0. The highest BCUT2D eigenvalue weighted by atomic mass is 16.6. The van der Waals surface area contributed by atoms with E-state index in [9.17, 15) is 10.1 Å². The maximum atomic E-state index is 10.5. The molecule has 0 aliphatic rings. The molecule has 4 nitrogen and oxygen atoms in total. The molecule has 1 rings (SSSR count). The summed E-state index contributed by atoms with van der Waals surface area (Å²) >= 11 is 0. The van der Waals surface area contributed by atoms with Crippen molar-refractivity contribution in [1.29, 1.82) is 0 Å². The minimum absolute atomic E-state index is 0.110. The highest BCUT2D eigenvalue weighted by Gasteiger charge is 2.12. The Balaban J connectivity index is 3.17. The van der Waals surface area contributed by atoms with E-state index in [0.717, 1.165) is 0 Å². The summed E-state index contributed by atoms with van der Waals surface area (Å²) in [7, 11) is 3.52. The van der Waals surface area contributed by atoms with E-state index in [1.165, 1.54) is 12.1 Å². The third kappa shape index (κ3) is 1.53. The van der Waals surface area contributed by atoms with Crippen molar-refractivity contribution in [2.45, 2.75) is 0 Å². The molecule has 0 aromatic heterocycles. The summed E-state index contributed by atoms with van der Waals surface area (Å²) in [5, 5.41) is 10.5. The van der Waals surface area contributed by atoms with Crippen LogP contribution in [0.15, 0.2) is 18.2 Å². The number of rotatable bonds is 2. The van der Waals surface area contributed by atoms with Gasteiger partial charge in [0.05, 0.1) is 4.92 Å². The van der Waals surface area contributed by atoms with Gasteiger partial charge < -0.3 is 4.90 Å². The van der Waals surface area contributed by atoms with Crippen LogP contribution in [0.2, 0.25) is 0 Å². The first-order chi connectivity index (χ1) is 5.63. The Morgan fingerprint density at radius 3 is 2.67 bits per heavy atom. The van der Waals surface area contributed by atoms with Crippen LogP contribution < -0.4 is 4.90 Å². The predicted octanol–water partition coefficient (Wildman–Crippen LogP) is 1.46. The van der Waals surface area contributed by atoms with E-state index in [-0.39, 0.29) is 5.69 Å². The van der Waals surface area contributed by atoms with Crippen LogP contribution in [-0.2, 0) is 0 Å². The largest absolute Gasteiger partial charge is 0.372 e. The first-order valence-corrected chi connectivity index (χ1v) is 3.44. The number of anilines is 1. The van der Waals surface area contributed by atoms with Crippen molar-refractivity contribution in [1.82, 2.24) is 0 Å². The van der Waals surface area contributed by atoms with Crippen LogP contribution in [0.5, 0.6) is 0 Å². The van der Waals surface area contributed by atoms with Crippen molar-refractivity contribution in [2.75, 3.05) is 19.0 Å². The smallest absolute Gasteiger partial charge is 0.292 e. The van der Waals surface area contributed by atoms with Gasteiger partial charge >= 0.3 is 0 Å². The lowest BCUT2D eigenvalue weighted by molar-refractivity contribution is -0.384. The zero-order chi connectivity index (χ0) is 9.14. The third-order valence-corrected chi connectivity index (χ3v) is 1.50. The van der Waals surface area contributed by atoms with Gasteiger partial charge in [-0.15, -0.1) is 0 Å². The van der Waals surface area contributed by atoms with Gasteiger partial charge in [0.25, 0.3) is 5.69 Å². The zero-order valence-electron chi connectivity index (χ0n) is 6.94. The highest BCUT2D eigenvalue weighted by Crippen LogP contribution is 2.24. The molecule has 12 heavy (non-hydrogen) atoms. The molecule has 0 saturated carbocycles. The minimum atomic E-state index is -0.400. The monoisotopic (exact) mass is 165 g/mol. The van der Waals surface area contributed by atoms with Crippen LogP contribution in [0.3, 0.4) is 0 Å².